The Bertz CT molecular complexity index is 660. The van der Waals surface area contributed by atoms with Gasteiger partial charge in [-0.25, -0.2) is 13.4 Å². The highest BCUT2D eigenvalue weighted by Gasteiger charge is 2.11. The minimum Gasteiger partial charge on any atom is -0.378 e. The first kappa shape index (κ1) is 14.0. The molecule has 0 saturated heterocycles. The summed E-state index contributed by atoms with van der Waals surface area (Å²) in [5, 5.41) is 3.34. The number of aryl methyl sites for hydroxylation is 1. The van der Waals surface area contributed by atoms with E-state index in [4.69, 9.17) is 0 Å². The predicted molar refractivity (Wildman–Crippen MR) is 78.4 cm³/mol. The molecule has 102 valence electrons. The van der Waals surface area contributed by atoms with Crippen LogP contribution < -0.4 is 5.32 Å². The summed E-state index contributed by atoms with van der Waals surface area (Å²) in [7, 11) is -3.13. The zero-order chi connectivity index (χ0) is 14.0. The Balaban J connectivity index is 2.14. The smallest absolute Gasteiger partial charge is 0.175 e. The predicted octanol–water partition coefficient (Wildman–Crippen LogP) is 3.03. The summed E-state index contributed by atoms with van der Waals surface area (Å²) in [6, 6.07) is 6.94. The van der Waals surface area contributed by atoms with Gasteiger partial charge in [0.15, 0.2) is 9.84 Å². The zero-order valence-electron chi connectivity index (χ0n) is 11.0. The average Bonchev–Trinajstić information content (AvgIpc) is 2.75. The van der Waals surface area contributed by atoms with Gasteiger partial charge in [-0.05, 0) is 38.1 Å². The Kier molecular flexibility index (Phi) is 3.91. The van der Waals surface area contributed by atoms with Crippen LogP contribution >= 0.6 is 11.3 Å². The molecular weight excluding hydrogens is 280 g/mol. The maximum Gasteiger partial charge on any atom is 0.175 e. The van der Waals surface area contributed by atoms with E-state index >= 15 is 0 Å². The molecule has 0 spiro atoms. The van der Waals surface area contributed by atoms with Crippen LogP contribution in [0, 0.1) is 6.92 Å². The minimum absolute atomic E-state index is 0.150. The Morgan fingerprint density at radius 1 is 1.26 bits per heavy atom. The van der Waals surface area contributed by atoms with Crippen LogP contribution in [0.15, 0.2) is 34.7 Å². The van der Waals surface area contributed by atoms with Crippen molar-refractivity contribution in [1.29, 1.82) is 0 Å². The molecule has 0 aliphatic heterocycles. The molecule has 0 radical (unpaired) electrons. The second-order valence-electron chi connectivity index (χ2n) is 4.46. The second kappa shape index (κ2) is 5.30. The number of hydrogen-bond donors (Lipinski definition) is 1. The van der Waals surface area contributed by atoms with Crippen molar-refractivity contribution in [2.75, 3.05) is 11.6 Å². The maximum atomic E-state index is 11.4. The van der Waals surface area contributed by atoms with Crippen molar-refractivity contribution in [2.24, 2.45) is 0 Å². The first-order valence-corrected chi connectivity index (χ1v) is 8.61. The van der Waals surface area contributed by atoms with Gasteiger partial charge in [0.1, 0.15) is 0 Å². The number of nitrogens with zero attached hydrogens (tertiary/aromatic N) is 1. The highest BCUT2D eigenvalue weighted by molar-refractivity contribution is 7.90. The Hall–Kier alpha value is -1.40. The lowest BCUT2D eigenvalue weighted by Gasteiger charge is -2.14. The molecule has 0 amide bonds. The third kappa shape index (κ3) is 3.33. The van der Waals surface area contributed by atoms with Crippen LogP contribution in [-0.2, 0) is 9.84 Å². The van der Waals surface area contributed by atoms with E-state index < -0.39 is 9.84 Å². The number of rotatable bonds is 4. The van der Waals surface area contributed by atoms with E-state index in [1.807, 2.05) is 12.4 Å². The van der Waals surface area contributed by atoms with Crippen LogP contribution in [0.2, 0.25) is 0 Å². The molecule has 4 nitrogen and oxygen atoms in total. The minimum atomic E-state index is -3.13. The lowest BCUT2D eigenvalue weighted by atomic mass is 10.2. The van der Waals surface area contributed by atoms with E-state index in [0.29, 0.717) is 4.90 Å². The molecule has 6 heteroatoms. The van der Waals surface area contributed by atoms with Crippen LogP contribution in [0.3, 0.4) is 0 Å². The second-order valence-corrected chi connectivity index (χ2v) is 7.37. The first-order valence-electron chi connectivity index (χ1n) is 5.84. The number of sulfone groups is 1. The van der Waals surface area contributed by atoms with Gasteiger partial charge in [-0.2, -0.15) is 0 Å². The third-order valence-electron chi connectivity index (χ3n) is 2.84. The Morgan fingerprint density at radius 3 is 2.37 bits per heavy atom. The van der Waals surface area contributed by atoms with Gasteiger partial charge in [-0.1, -0.05) is 0 Å². The third-order valence-corrected chi connectivity index (χ3v) is 5.08. The quantitative estimate of drug-likeness (QED) is 0.942. The van der Waals surface area contributed by atoms with Gasteiger partial charge in [0.25, 0.3) is 0 Å². The van der Waals surface area contributed by atoms with Crippen LogP contribution in [0.4, 0.5) is 5.69 Å². The molecule has 0 bridgehead atoms. The van der Waals surface area contributed by atoms with Crippen molar-refractivity contribution in [2.45, 2.75) is 24.8 Å². The number of hydrogen-bond acceptors (Lipinski definition) is 5. The molecule has 1 unspecified atom stereocenters. The first-order chi connectivity index (χ1) is 8.88. The van der Waals surface area contributed by atoms with Gasteiger partial charge in [0.2, 0.25) is 0 Å². The molecule has 19 heavy (non-hydrogen) atoms. The number of nitrogens with one attached hydrogen (secondary N) is 1. The summed E-state index contributed by atoms with van der Waals surface area (Å²) in [4.78, 5) is 5.75. The van der Waals surface area contributed by atoms with Gasteiger partial charge in [-0.3, -0.25) is 0 Å². The highest BCUT2D eigenvalue weighted by atomic mass is 32.2. The fourth-order valence-corrected chi connectivity index (χ4v) is 3.28. The largest absolute Gasteiger partial charge is 0.378 e. The summed E-state index contributed by atoms with van der Waals surface area (Å²) in [5.74, 6) is 0. The summed E-state index contributed by atoms with van der Waals surface area (Å²) in [6.07, 6.45) is 1.21. The van der Waals surface area contributed by atoms with Crippen molar-refractivity contribution < 1.29 is 8.42 Å². The standard InChI is InChI=1S/C13H16N2O2S2/c1-9-13(18-8-14-9)10(2)15-11-4-6-12(7-5-11)19(3,16)17/h4-8,10,15H,1-3H3. The molecule has 0 fully saturated rings. The SMILES string of the molecule is Cc1ncsc1C(C)Nc1ccc(S(C)(=O)=O)cc1. The van der Waals surface area contributed by atoms with Gasteiger partial charge >= 0.3 is 0 Å². The van der Waals surface area contributed by atoms with Gasteiger partial charge < -0.3 is 5.32 Å². The Labute approximate surface area is 117 Å². The van der Waals surface area contributed by atoms with Crippen LogP contribution in [0.1, 0.15) is 23.5 Å². The summed E-state index contributed by atoms with van der Waals surface area (Å²) >= 11 is 1.61. The van der Waals surface area contributed by atoms with Gasteiger partial charge in [0.05, 0.1) is 22.1 Å². The monoisotopic (exact) mass is 296 g/mol. The highest BCUT2D eigenvalue weighted by Crippen LogP contribution is 2.25. The van der Waals surface area contributed by atoms with Crippen LogP contribution in [0.5, 0.6) is 0 Å². The molecular formula is C13H16N2O2S2. The molecule has 1 atom stereocenters. The van der Waals surface area contributed by atoms with Crippen LogP contribution in [-0.4, -0.2) is 19.7 Å². The average molecular weight is 296 g/mol. The van der Waals surface area contributed by atoms with E-state index in [2.05, 4.69) is 17.2 Å². The Morgan fingerprint density at radius 2 is 1.89 bits per heavy atom. The van der Waals surface area contributed by atoms with Gasteiger partial charge in [-0.15, -0.1) is 11.3 Å². The van der Waals surface area contributed by atoms with E-state index in [9.17, 15) is 8.42 Å². The van der Waals surface area contributed by atoms with E-state index in [-0.39, 0.29) is 6.04 Å². The molecule has 0 aliphatic carbocycles. The lowest BCUT2D eigenvalue weighted by molar-refractivity contribution is 0.602. The topological polar surface area (TPSA) is 59.1 Å². The zero-order valence-corrected chi connectivity index (χ0v) is 12.7. The molecule has 0 aliphatic rings. The van der Waals surface area contributed by atoms with Crippen molar-refractivity contribution in [1.82, 2.24) is 4.98 Å². The van der Waals surface area contributed by atoms with Crippen molar-refractivity contribution in [3.63, 3.8) is 0 Å². The summed E-state index contributed by atoms with van der Waals surface area (Å²) < 4.78 is 22.7. The molecule has 2 rings (SSSR count). The molecule has 1 aromatic heterocycles. The molecule has 1 heterocycles. The maximum absolute atomic E-state index is 11.4. The number of thiazole rings is 1. The molecule has 1 aromatic carbocycles. The van der Waals surface area contributed by atoms with E-state index in [0.717, 1.165) is 11.4 Å². The van der Waals surface area contributed by atoms with E-state index in [1.54, 1.807) is 35.6 Å². The normalized spacial score (nSPS) is 13.2. The number of aromatic nitrogens is 1. The molecule has 2 aromatic rings. The number of benzene rings is 1. The fraction of sp³-hybridized carbons (Fsp3) is 0.308. The van der Waals surface area contributed by atoms with Crippen molar-refractivity contribution in [3.8, 4) is 0 Å². The van der Waals surface area contributed by atoms with Crippen LogP contribution in [0.25, 0.3) is 0 Å². The van der Waals surface area contributed by atoms with E-state index in [1.165, 1.54) is 11.1 Å². The molecule has 1 N–H and O–H groups in total. The fourth-order valence-electron chi connectivity index (χ4n) is 1.84. The molecule has 0 saturated carbocycles. The lowest BCUT2D eigenvalue weighted by Crippen LogP contribution is -2.06. The number of anilines is 1. The van der Waals surface area contributed by atoms with Crippen molar-refractivity contribution >= 4 is 26.9 Å². The summed E-state index contributed by atoms with van der Waals surface area (Å²) in [5.41, 5.74) is 3.75. The van der Waals surface area contributed by atoms with Crippen molar-refractivity contribution in [3.05, 3.63) is 40.3 Å². The summed E-state index contributed by atoms with van der Waals surface area (Å²) in [6.45, 7) is 4.04. The van der Waals surface area contributed by atoms with Gasteiger partial charge in [0, 0.05) is 16.8 Å².